The van der Waals surface area contributed by atoms with Crippen LogP contribution in [-0.2, 0) is 0 Å². The molecule has 0 saturated carbocycles. The molecule has 0 aliphatic carbocycles. The van der Waals surface area contributed by atoms with Crippen LogP contribution in [0.3, 0.4) is 0 Å². The number of carbonyl (C=O) groups excluding carboxylic acids is 1. The SMILES string of the molecule is Cl.NCC1CCCN1C(=O)c1c[nH]c(=O)c(Br)c1. The average molecular weight is 337 g/mol. The van der Waals surface area contributed by atoms with Crippen molar-refractivity contribution in [3.63, 3.8) is 0 Å². The van der Waals surface area contributed by atoms with Gasteiger partial charge in [0.15, 0.2) is 0 Å². The summed E-state index contributed by atoms with van der Waals surface area (Å²) in [7, 11) is 0. The van der Waals surface area contributed by atoms with E-state index in [4.69, 9.17) is 5.73 Å². The molecule has 1 aromatic rings. The molecule has 0 spiro atoms. The molecule has 1 amide bonds. The quantitative estimate of drug-likeness (QED) is 0.849. The van der Waals surface area contributed by atoms with Gasteiger partial charge >= 0.3 is 0 Å². The van der Waals surface area contributed by atoms with Crippen LogP contribution in [0.15, 0.2) is 21.5 Å². The van der Waals surface area contributed by atoms with Crippen molar-refractivity contribution >= 4 is 34.2 Å². The summed E-state index contributed by atoms with van der Waals surface area (Å²) in [6.45, 7) is 1.22. The normalized spacial score (nSPS) is 18.6. The lowest BCUT2D eigenvalue weighted by molar-refractivity contribution is 0.0740. The van der Waals surface area contributed by atoms with Crippen molar-refractivity contribution < 1.29 is 4.79 Å². The first-order chi connectivity index (χ1) is 8.13. The van der Waals surface area contributed by atoms with E-state index in [2.05, 4.69) is 20.9 Å². The summed E-state index contributed by atoms with van der Waals surface area (Å²) in [5.74, 6) is -0.0742. The molecule has 18 heavy (non-hydrogen) atoms. The highest BCUT2D eigenvalue weighted by Crippen LogP contribution is 2.19. The molecular weight excluding hydrogens is 321 g/mol. The smallest absolute Gasteiger partial charge is 0.262 e. The molecule has 1 aromatic heterocycles. The van der Waals surface area contributed by atoms with Crippen LogP contribution in [0.2, 0.25) is 0 Å². The highest BCUT2D eigenvalue weighted by Gasteiger charge is 2.28. The van der Waals surface area contributed by atoms with Gasteiger partial charge in [-0.1, -0.05) is 0 Å². The molecule has 2 heterocycles. The molecule has 1 fully saturated rings. The van der Waals surface area contributed by atoms with Crippen LogP contribution in [0.25, 0.3) is 0 Å². The fourth-order valence-electron chi connectivity index (χ4n) is 2.09. The topological polar surface area (TPSA) is 79.2 Å². The maximum atomic E-state index is 12.2. The van der Waals surface area contributed by atoms with Gasteiger partial charge in [-0.25, -0.2) is 0 Å². The highest BCUT2D eigenvalue weighted by molar-refractivity contribution is 9.10. The lowest BCUT2D eigenvalue weighted by Crippen LogP contribution is -2.40. The summed E-state index contributed by atoms with van der Waals surface area (Å²) < 4.78 is 0.367. The van der Waals surface area contributed by atoms with Crippen molar-refractivity contribution in [2.45, 2.75) is 18.9 Å². The number of aromatic amines is 1. The summed E-state index contributed by atoms with van der Waals surface area (Å²) in [4.78, 5) is 27.7. The molecule has 0 radical (unpaired) electrons. The van der Waals surface area contributed by atoms with E-state index in [0.717, 1.165) is 19.4 Å². The summed E-state index contributed by atoms with van der Waals surface area (Å²) >= 11 is 3.12. The number of nitrogens with one attached hydrogen (secondary N) is 1. The molecule has 1 unspecified atom stereocenters. The molecule has 2 rings (SSSR count). The molecule has 0 bridgehead atoms. The third kappa shape index (κ3) is 2.93. The van der Waals surface area contributed by atoms with Gasteiger partial charge in [-0.3, -0.25) is 9.59 Å². The van der Waals surface area contributed by atoms with Gasteiger partial charge in [-0.05, 0) is 34.8 Å². The summed E-state index contributed by atoms with van der Waals surface area (Å²) in [6, 6.07) is 1.67. The zero-order valence-electron chi connectivity index (χ0n) is 9.69. The van der Waals surface area contributed by atoms with Crippen LogP contribution in [0.1, 0.15) is 23.2 Å². The van der Waals surface area contributed by atoms with Crippen molar-refractivity contribution in [3.05, 3.63) is 32.7 Å². The second kappa shape index (κ2) is 6.36. The number of likely N-dealkylation sites (tertiary alicyclic amines) is 1. The maximum Gasteiger partial charge on any atom is 0.262 e. The second-order valence-corrected chi connectivity index (χ2v) is 4.95. The van der Waals surface area contributed by atoms with Crippen LogP contribution in [0, 0.1) is 0 Å². The molecule has 1 saturated heterocycles. The monoisotopic (exact) mass is 335 g/mol. The Morgan fingerprint density at radius 3 is 2.94 bits per heavy atom. The third-order valence-corrected chi connectivity index (χ3v) is 3.60. The Labute approximate surface area is 119 Å². The van der Waals surface area contributed by atoms with Crippen molar-refractivity contribution in [3.8, 4) is 0 Å². The molecule has 3 N–H and O–H groups in total. The summed E-state index contributed by atoms with van der Waals surface area (Å²) in [5, 5.41) is 0. The Morgan fingerprint density at radius 1 is 1.61 bits per heavy atom. The number of amides is 1. The fourth-order valence-corrected chi connectivity index (χ4v) is 2.45. The highest BCUT2D eigenvalue weighted by atomic mass is 79.9. The van der Waals surface area contributed by atoms with E-state index in [-0.39, 0.29) is 29.9 Å². The Bertz CT molecular complexity index is 491. The van der Waals surface area contributed by atoms with Gasteiger partial charge in [0.1, 0.15) is 0 Å². The zero-order chi connectivity index (χ0) is 12.4. The first kappa shape index (κ1) is 15.2. The first-order valence-electron chi connectivity index (χ1n) is 5.52. The molecule has 5 nitrogen and oxygen atoms in total. The summed E-state index contributed by atoms with van der Waals surface area (Å²) in [5.41, 5.74) is 5.88. The molecule has 7 heteroatoms. The van der Waals surface area contributed by atoms with Crippen LogP contribution in [-0.4, -0.2) is 34.9 Å². The summed E-state index contributed by atoms with van der Waals surface area (Å²) in [6.07, 6.45) is 3.38. The number of aromatic nitrogens is 1. The largest absolute Gasteiger partial charge is 0.334 e. The van der Waals surface area contributed by atoms with E-state index in [1.54, 1.807) is 11.0 Å². The predicted octanol–water partition coefficient (Wildman–Crippen LogP) is 1.12. The number of hydrogen-bond donors (Lipinski definition) is 2. The zero-order valence-corrected chi connectivity index (χ0v) is 12.1. The molecule has 1 aliphatic rings. The second-order valence-electron chi connectivity index (χ2n) is 4.10. The van der Waals surface area contributed by atoms with E-state index in [0.29, 0.717) is 16.6 Å². The van der Waals surface area contributed by atoms with Gasteiger partial charge in [-0.15, -0.1) is 12.4 Å². The number of nitrogens with zero attached hydrogens (tertiary/aromatic N) is 1. The first-order valence-corrected chi connectivity index (χ1v) is 6.32. The molecule has 100 valence electrons. The van der Waals surface area contributed by atoms with E-state index < -0.39 is 0 Å². The molecular formula is C11H15BrClN3O2. The van der Waals surface area contributed by atoms with E-state index in [9.17, 15) is 9.59 Å². The number of nitrogens with two attached hydrogens (primary N) is 1. The van der Waals surface area contributed by atoms with E-state index in [1.165, 1.54) is 6.20 Å². The number of hydrogen-bond acceptors (Lipinski definition) is 3. The average Bonchev–Trinajstić information content (AvgIpc) is 2.80. The minimum absolute atomic E-state index is 0. The maximum absolute atomic E-state index is 12.2. The number of rotatable bonds is 2. The minimum atomic E-state index is -0.238. The third-order valence-electron chi connectivity index (χ3n) is 3.01. The van der Waals surface area contributed by atoms with Crippen LogP contribution < -0.4 is 11.3 Å². The van der Waals surface area contributed by atoms with Crippen molar-refractivity contribution in [2.24, 2.45) is 5.73 Å². The Morgan fingerprint density at radius 2 is 2.33 bits per heavy atom. The van der Waals surface area contributed by atoms with Gasteiger partial charge < -0.3 is 15.6 Å². The lowest BCUT2D eigenvalue weighted by atomic mass is 10.2. The van der Waals surface area contributed by atoms with Crippen LogP contribution in [0.4, 0.5) is 0 Å². The minimum Gasteiger partial charge on any atom is -0.334 e. The van der Waals surface area contributed by atoms with Gasteiger partial charge in [0.25, 0.3) is 11.5 Å². The lowest BCUT2D eigenvalue weighted by Gasteiger charge is -2.23. The Balaban J connectivity index is 0.00000162. The number of H-pyrrole nitrogens is 1. The number of carbonyl (C=O) groups is 1. The fraction of sp³-hybridized carbons (Fsp3) is 0.455. The van der Waals surface area contributed by atoms with Crippen LogP contribution in [0.5, 0.6) is 0 Å². The van der Waals surface area contributed by atoms with Crippen molar-refractivity contribution in [1.29, 1.82) is 0 Å². The van der Waals surface area contributed by atoms with E-state index >= 15 is 0 Å². The van der Waals surface area contributed by atoms with Crippen LogP contribution >= 0.6 is 28.3 Å². The number of pyridine rings is 1. The Hall–Kier alpha value is -0.850. The van der Waals surface area contributed by atoms with Gasteiger partial charge in [0.2, 0.25) is 0 Å². The standard InChI is InChI=1S/C11H14BrN3O2.ClH/c12-9-4-7(6-14-10(9)16)11(17)15-3-1-2-8(15)5-13;/h4,6,8H,1-3,5,13H2,(H,14,16);1H. The molecule has 1 aliphatic heterocycles. The van der Waals surface area contributed by atoms with E-state index in [1.807, 2.05) is 0 Å². The van der Waals surface area contributed by atoms with Gasteiger partial charge in [0.05, 0.1) is 10.0 Å². The van der Waals surface area contributed by atoms with Crippen molar-refractivity contribution in [2.75, 3.05) is 13.1 Å². The van der Waals surface area contributed by atoms with Crippen molar-refractivity contribution in [1.82, 2.24) is 9.88 Å². The Kier molecular flexibility index (Phi) is 5.37. The number of halogens is 2. The van der Waals surface area contributed by atoms with Gasteiger partial charge in [0, 0.05) is 25.3 Å². The van der Waals surface area contributed by atoms with Gasteiger partial charge in [-0.2, -0.15) is 0 Å². The molecule has 1 atom stereocenters. The predicted molar refractivity (Wildman–Crippen MR) is 75.1 cm³/mol. The molecule has 0 aromatic carbocycles.